The molecule has 2 aromatic heterocycles. The van der Waals surface area contributed by atoms with Crippen molar-refractivity contribution in [3.05, 3.63) is 56.5 Å². The zero-order chi connectivity index (χ0) is 20.2. The van der Waals surface area contributed by atoms with Crippen LogP contribution in [0.4, 0.5) is 5.82 Å². The molecule has 5 heterocycles. The minimum Gasteiger partial charge on any atom is -0.355 e. The molecule has 1 saturated carbocycles. The van der Waals surface area contributed by atoms with Crippen LogP contribution in [0.1, 0.15) is 42.9 Å². The van der Waals surface area contributed by atoms with E-state index in [2.05, 4.69) is 31.9 Å². The summed E-state index contributed by atoms with van der Waals surface area (Å²) in [5.74, 6) is 3.17. The summed E-state index contributed by atoms with van der Waals surface area (Å²) >= 11 is 0. The Morgan fingerprint density at radius 3 is 2.67 bits per heavy atom. The molecule has 2 saturated heterocycles. The van der Waals surface area contributed by atoms with Gasteiger partial charge in [0, 0.05) is 62.5 Å². The predicted octanol–water partition coefficient (Wildman–Crippen LogP) is 1.79. The summed E-state index contributed by atoms with van der Waals surface area (Å²) in [6.07, 6.45) is 6.70. The third kappa shape index (κ3) is 3.11. The van der Waals surface area contributed by atoms with E-state index in [1.165, 1.54) is 25.6 Å². The molecule has 7 heteroatoms. The molecular formula is C23H29N5O2. The van der Waals surface area contributed by atoms with Crippen molar-refractivity contribution in [1.29, 1.82) is 0 Å². The van der Waals surface area contributed by atoms with Gasteiger partial charge >= 0.3 is 0 Å². The van der Waals surface area contributed by atoms with Crippen molar-refractivity contribution in [1.82, 2.24) is 19.4 Å². The Labute approximate surface area is 175 Å². The van der Waals surface area contributed by atoms with Gasteiger partial charge in [-0.25, -0.2) is 4.98 Å². The summed E-state index contributed by atoms with van der Waals surface area (Å²) in [4.78, 5) is 36.7. The summed E-state index contributed by atoms with van der Waals surface area (Å²) in [5.41, 5.74) is 2.18. The molecule has 0 amide bonds. The highest BCUT2D eigenvalue weighted by atomic mass is 16.1. The van der Waals surface area contributed by atoms with Gasteiger partial charge in [-0.1, -0.05) is 12.5 Å². The highest BCUT2D eigenvalue weighted by molar-refractivity contribution is 5.39. The molecule has 7 nitrogen and oxygen atoms in total. The van der Waals surface area contributed by atoms with E-state index in [1.54, 1.807) is 6.07 Å². The van der Waals surface area contributed by atoms with Gasteiger partial charge in [0.1, 0.15) is 5.82 Å². The van der Waals surface area contributed by atoms with Gasteiger partial charge in [0.25, 0.3) is 11.1 Å². The molecule has 0 unspecified atom stereocenters. The summed E-state index contributed by atoms with van der Waals surface area (Å²) in [5, 5.41) is 0. The van der Waals surface area contributed by atoms with Crippen molar-refractivity contribution >= 4 is 5.82 Å². The number of nitrogens with one attached hydrogen (secondary N) is 1. The Morgan fingerprint density at radius 1 is 1.03 bits per heavy atom. The first-order valence-electron chi connectivity index (χ1n) is 11.4. The first kappa shape index (κ1) is 18.4. The predicted molar refractivity (Wildman–Crippen MR) is 115 cm³/mol. The van der Waals surface area contributed by atoms with Crippen LogP contribution in [-0.2, 0) is 13.1 Å². The fourth-order valence-corrected chi connectivity index (χ4v) is 6.53. The molecule has 3 aliphatic heterocycles. The first-order valence-corrected chi connectivity index (χ1v) is 11.4. The minimum atomic E-state index is -0.122. The largest absolute Gasteiger partial charge is 0.355 e. The van der Waals surface area contributed by atoms with Crippen LogP contribution >= 0.6 is 0 Å². The number of aromatic nitrogens is 3. The minimum absolute atomic E-state index is 0.122. The number of hydrogen-bond donors (Lipinski definition) is 1. The van der Waals surface area contributed by atoms with E-state index in [4.69, 9.17) is 0 Å². The summed E-state index contributed by atoms with van der Waals surface area (Å²) in [7, 11) is 0. The number of rotatable bonds is 3. The SMILES string of the molecule is O=c1cc(N2C[C@@H]3C[C@H](C2)c2ccc(CN4C[C@H]5CCC[C@H]5C4)c(=O)n2C3)nc[nH]1. The van der Waals surface area contributed by atoms with Gasteiger partial charge in [0.15, 0.2) is 0 Å². The van der Waals surface area contributed by atoms with Crippen molar-refractivity contribution < 1.29 is 0 Å². The van der Waals surface area contributed by atoms with E-state index in [1.807, 2.05) is 4.57 Å². The summed E-state index contributed by atoms with van der Waals surface area (Å²) in [6.45, 7) is 5.54. The van der Waals surface area contributed by atoms with Gasteiger partial charge in [-0.2, -0.15) is 0 Å². The fourth-order valence-electron chi connectivity index (χ4n) is 6.53. The number of likely N-dealkylation sites (tertiary alicyclic amines) is 1. The van der Waals surface area contributed by atoms with Gasteiger partial charge in [-0.05, 0) is 43.1 Å². The van der Waals surface area contributed by atoms with Gasteiger partial charge in [-0.15, -0.1) is 0 Å². The third-order valence-corrected chi connectivity index (χ3v) is 7.87. The Hall–Kier alpha value is -2.41. The number of aromatic amines is 1. The molecule has 1 N–H and O–H groups in total. The molecule has 1 aliphatic carbocycles. The number of H-pyrrole nitrogens is 1. The third-order valence-electron chi connectivity index (χ3n) is 7.87. The molecule has 0 radical (unpaired) electrons. The maximum absolute atomic E-state index is 13.3. The second-order valence-electron chi connectivity index (χ2n) is 9.82. The molecule has 0 spiro atoms. The molecule has 6 rings (SSSR count). The molecule has 158 valence electrons. The molecule has 2 aromatic rings. The Bertz CT molecular complexity index is 1060. The number of hydrogen-bond acceptors (Lipinski definition) is 5. The van der Waals surface area contributed by atoms with Crippen LogP contribution in [0.3, 0.4) is 0 Å². The Kier molecular flexibility index (Phi) is 4.33. The zero-order valence-corrected chi connectivity index (χ0v) is 17.3. The van der Waals surface area contributed by atoms with Crippen molar-refractivity contribution in [2.45, 2.75) is 44.7 Å². The van der Waals surface area contributed by atoms with Crippen molar-refractivity contribution in [3.63, 3.8) is 0 Å². The van der Waals surface area contributed by atoms with Crippen molar-refractivity contribution in [2.75, 3.05) is 31.1 Å². The number of nitrogens with zero attached hydrogens (tertiary/aromatic N) is 4. The molecule has 0 aromatic carbocycles. The highest BCUT2D eigenvalue weighted by Crippen LogP contribution is 2.39. The van der Waals surface area contributed by atoms with Crippen LogP contribution in [0.5, 0.6) is 0 Å². The van der Waals surface area contributed by atoms with E-state index in [9.17, 15) is 9.59 Å². The van der Waals surface area contributed by atoms with Gasteiger partial charge in [0.05, 0.1) is 6.33 Å². The normalized spacial score (nSPS) is 30.3. The van der Waals surface area contributed by atoms with Crippen LogP contribution in [0.15, 0.2) is 34.1 Å². The van der Waals surface area contributed by atoms with Crippen LogP contribution in [0.25, 0.3) is 0 Å². The average Bonchev–Trinajstić information content (AvgIpc) is 3.32. The van der Waals surface area contributed by atoms with E-state index >= 15 is 0 Å². The van der Waals surface area contributed by atoms with Crippen molar-refractivity contribution in [2.24, 2.45) is 17.8 Å². The second-order valence-corrected chi connectivity index (χ2v) is 9.82. The van der Waals surface area contributed by atoms with Crippen LogP contribution < -0.4 is 16.0 Å². The van der Waals surface area contributed by atoms with E-state index in [0.29, 0.717) is 11.8 Å². The molecule has 4 atom stereocenters. The molecule has 30 heavy (non-hydrogen) atoms. The number of pyridine rings is 1. The maximum atomic E-state index is 13.3. The van der Waals surface area contributed by atoms with E-state index < -0.39 is 0 Å². The Balaban J connectivity index is 1.24. The zero-order valence-electron chi connectivity index (χ0n) is 17.3. The smallest absolute Gasteiger partial charge is 0.255 e. The number of anilines is 1. The average molecular weight is 408 g/mol. The lowest BCUT2D eigenvalue weighted by atomic mass is 9.83. The molecular weight excluding hydrogens is 378 g/mol. The first-order chi connectivity index (χ1) is 14.6. The number of piperidine rings is 1. The summed E-state index contributed by atoms with van der Waals surface area (Å²) in [6, 6.07) is 5.83. The Morgan fingerprint density at radius 2 is 1.87 bits per heavy atom. The van der Waals surface area contributed by atoms with Gasteiger partial charge < -0.3 is 14.5 Å². The van der Waals surface area contributed by atoms with Crippen molar-refractivity contribution in [3.8, 4) is 0 Å². The second kappa shape index (κ2) is 7.08. The lowest BCUT2D eigenvalue weighted by Crippen LogP contribution is -2.48. The van der Waals surface area contributed by atoms with E-state index in [0.717, 1.165) is 74.6 Å². The van der Waals surface area contributed by atoms with E-state index in [-0.39, 0.29) is 11.1 Å². The fraction of sp³-hybridized carbons (Fsp3) is 0.609. The standard InChI is InChI=1S/C23H29N5O2/c29-22-7-21(24-14-25-22)27-8-15-6-19(13-27)20-5-4-18(23(30)28(20)9-15)12-26-10-16-2-1-3-17(16)11-26/h4-5,7,14-17,19H,1-3,6,8-13H2,(H,24,25,29)/t15-,16-,17+,19+/m0/s1. The van der Waals surface area contributed by atoms with Crippen LogP contribution in [0, 0.1) is 17.8 Å². The summed E-state index contributed by atoms with van der Waals surface area (Å²) < 4.78 is 2.05. The molecule has 4 aliphatic rings. The molecule has 2 bridgehead atoms. The lowest BCUT2D eigenvalue weighted by molar-refractivity contribution is 0.274. The van der Waals surface area contributed by atoms with Crippen LogP contribution in [0.2, 0.25) is 0 Å². The van der Waals surface area contributed by atoms with Crippen LogP contribution in [-0.4, -0.2) is 45.6 Å². The maximum Gasteiger partial charge on any atom is 0.255 e. The number of fused-ring (bicyclic) bond motifs is 5. The van der Waals surface area contributed by atoms with Gasteiger partial charge in [-0.3, -0.25) is 14.5 Å². The topological polar surface area (TPSA) is 74.2 Å². The molecule has 3 fully saturated rings. The monoisotopic (exact) mass is 407 g/mol. The highest BCUT2D eigenvalue weighted by Gasteiger charge is 2.38. The van der Waals surface area contributed by atoms with Gasteiger partial charge in [0.2, 0.25) is 0 Å². The lowest BCUT2D eigenvalue weighted by Gasteiger charge is -2.43. The quantitative estimate of drug-likeness (QED) is 0.840.